The molecule has 0 bridgehead atoms. The number of benzene rings is 2. The Morgan fingerprint density at radius 3 is 2.77 bits per heavy atom. The van der Waals surface area contributed by atoms with Crippen LogP contribution in [-0.4, -0.2) is 19.1 Å². The predicted octanol–water partition coefficient (Wildman–Crippen LogP) is 2.94. The first kappa shape index (κ1) is 14.4. The average molecular weight is 296 g/mol. The Morgan fingerprint density at radius 2 is 2.00 bits per heavy atom. The monoisotopic (exact) mass is 296 g/mol. The SMILES string of the molecule is Cc1ccc(OCC(=O)N2CCCc3ccc(N)cc32)cc1. The van der Waals surface area contributed by atoms with Crippen LogP contribution in [0, 0.1) is 6.92 Å². The molecule has 0 radical (unpaired) electrons. The third-order valence-corrected chi connectivity index (χ3v) is 3.91. The molecule has 4 heteroatoms. The van der Waals surface area contributed by atoms with Crippen molar-refractivity contribution in [1.29, 1.82) is 0 Å². The summed E-state index contributed by atoms with van der Waals surface area (Å²) in [7, 11) is 0. The average Bonchev–Trinajstić information content (AvgIpc) is 2.53. The minimum atomic E-state index is -0.0351. The Morgan fingerprint density at radius 1 is 1.23 bits per heavy atom. The Labute approximate surface area is 130 Å². The maximum Gasteiger partial charge on any atom is 0.264 e. The number of aryl methyl sites for hydroxylation is 2. The lowest BCUT2D eigenvalue weighted by molar-refractivity contribution is -0.120. The van der Waals surface area contributed by atoms with E-state index in [1.165, 1.54) is 11.1 Å². The topological polar surface area (TPSA) is 55.6 Å². The van der Waals surface area contributed by atoms with E-state index in [9.17, 15) is 4.79 Å². The molecule has 0 spiro atoms. The summed E-state index contributed by atoms with van der Waals surface area (Å²) in [5, 5.41) is 0. The Bertz CT molecular complexity index is 680. The molecule has 4 nitrogen and oxygen atoms in total. The van der Waals surface area contributed by atoms with E-state index in [0.29, 0.717) is 18.0 Å². The van der Waals surface area contributed by atoms with Crippen LogP contribution in [0.3, 0.4) is 0 Å². The molecular weight excluding hydrogens is 276 g/mol. The van der Waals surface area contributed by atoms with Crippen molar-refractivity contribution in [2.75, 3.05) is 23.8 Å². The first-order valence-corrected chi connectivity index (χ1v) is 7.52. The van der Waals surface area contributed by atoms with Gasteiger partial charge in [0.25, 0.3) is 5.91 Å². The van der Waals surface area contributed by atoms with Gasteiger partial charge in [-0.2, -0.15) is 0 Å². The quantitative estimate of drug-likeness (QED) is 0.886. The van der Waals surface area contributed by atoms with Crippen molar-refractivity contribution in [3.8, 4) is 5.75 Å². The molecule has 1 amide bonds. The van der Waals surface area contributed by atoms with E-state index >= 15 is 0 Å². The van der Waals surface area contributed by atoms with Crippen molar-refractivity contribution >= 4 is 17.3 Å². The van der Waals surface area contributed by atoms with Gasteiger partial charge >= 0.3 is 0 Å². The van der Waals surface area contributed by atoms with Crippen molar-refractivity contribution in [2.24, 2.45) is 0 Å². The van der Waals surface area contributed by atoms with Crippen LogP contribution in [0.1, 0.15) is 17.5 Å². The molecule has 1 heterocycles. The fraction of sp³-hybridized carbons (Fsp3) is 0.278. The number of fused-ring (bicyclic) bond motifs is 1. The molecular formula is C18H20N2O2. The highest BCUT2D eigenvalue weighted by Gasteiger charge is 2.22. The molecule has 0 aliphatic carbocycles. The number of hydrogen-bond acceptors (Lipinski definition) is 3. The molecule has 3 rings (SSSR count). The van der Waals surface area contributed by atoms with Gasteiger partial charge < -0.3 is 15.4 Å². The summed E-state index contributed by atoms with van der Waals surface area (Å²) in [4.78, 5) is 14.3. The van der Waals surface area contributed by atoms with Crippen LogP contribution < -0.4 is 15.4 Å². The van der Waals surface area contributed by atoms with Crippen molar-refractivity contribution < 1.29 is 9.53 Å². The van der Waals surface area contributed by atoms with Gasteiger partial charge in [0, 0.05) is 17.9 Å². The Kier molecular flexibility index (Phi) is 4.00. The van der Waals surface area contributed by atoms with E-state index in [0.717, 1.165) is 18.5 Å². The van der Waals surface area contributed by atoms with Crippen molar-refractivity contribution in [1.82, 2.24) is 0 Å². The number of hydrogen-bond donors (Lipinski definition) is 1. The smallest absolute Gasteiger partial charge is 0.264 e. The Balaban J connectivity index is 1.71. The van der Waals surface area contributed by atoms with Gasteiger partial charge in [-0.05, 0) is 49.6 Å². The predicted molar refractivity (Wildman–Crippen MR) is 88.2 cm³/mol. The summed E-state index contributed by atoms with van der Waals surface area (Å²) in [6.45, 7) is 2.77. The molecule has 1 aliphatic rings. The normalized spacial score (nSPS) is 13.6. The summed E-state index contributed by atoms with van der Waals surface area (Å²) in [6.07, 6.45) is 1.95. The number of amides is 1. The lowest BCUT2D eigenvalue weighted by Crippen LogP contribution is -2.38. The zero-order valence-electron chi connectivity index (χ0n) is 12.7. The van der Waals surface area contributed by atoms with Crippen LogP contribution in [0.5, 0.6) is 5.75 Å². The Hall–Kier alpha value is -2.49. The van der Waals surface area contributed by atoms with Gasteiger partial charge in [-0.3, -0.25) is 4.79 Å². The second-order valence-corrected chi connectivity index (χ2v) is 5.64. The molecule has 0 fully saturated rings. The zero-order chi connectivity index (χ0) is 15.5. The van der Waals surface area contributed by atoms with Gasteiger partial charge in [0.1, 0.15) is 5.75 Å². The van der Waals surface area contributed by atoms with Crippen molar-refractivity contribution in [3.63, 3.8) is 0 Å². The van der Waals surface area contributed by atoms with Crippen LogP contribution in [0.15, 0.2) is 42.5 Å². The highest BCUT2D eigenvalue weighted by Crippen LogP contribution is 2.29. The molecule has 1 aliphatic heterocycles. The van der Waals surface area contributed by atoms with Gasteiger partial charge in [0.05, 0.1) is 0 Å². The number of ether oxygens (including phenoxy) is 1. The number of carbonyl (C=O) groups is 1. The molecule has 0 atom stereocenters. The summed E-state index contributed by atoms with van der Waals surface area (Å²) < 4.78 is 5.60. The molecule has 0 unspecified atom stereocenters. The molecule has 0 saturated carbocycles. The van der Waals surface area contributed by atoms with Crippen LogP contribution in [0.2, 0.25) is 0 Å². The zero-order valence-corrected chi connectivity index (χ0v) is 12.7. The maximum absolute atomic E-state index is 12.5. The van der Waals surface area contributed by atoms with Gasteiger partial charge in [-0.25, -0.2) is 0 Å². The van der Waals surface area contributed by atoms with Gasteiger partial charge in [0.15, 0.2) is 6.61 Å². The number of nitrogens with zero attached hydrogens (tertiary/aromatic N) is 1. The third kappa shape index (κ3) is 3.06. The molecule has 0 saturated heterocycles. The van der Waals surface area contributed by atoms with E-state index < -0.39 is 0 Å². The molecule has 2 aromatic carbocycles. The number of nitrogen functional groups attached to an aromatic ring is 1. The fourth-order valence-corrected chi connectivity index (χ4v) is 2.71. The number of anilines is 2. The third-order valence-electron chi connectivity index (χ3n) is 3.91. The minimum absolute atomic E-state index is 0.0351. The minimum Gasteiger partial charge on any atom is -0.484 e. The summed E-state index contributed by atoms with van der Waals surface area (Å²) in [5.41, 5.74) is 9.79. The molecule has 2 aromatic rings. The van der Waals surface area contributed by atoms with E-state index in [2.05, 4.69) is 0 Å². The van der Waals surface area contributed by atoms with Crippen molar-refractivity contribution in [3.05, 3.63) is 53.6 Å². The van der Waals surface area contributed by atoms with E-state index in [1.54, 1.807) is 4.90 Å². The number of nitrogens with two attached hydrogens (primary N) is 1. The van der Waals surface area contributed by atoms with Crippen LogP contribution >= 0.6 is 0 Å². The lowest BCUT2D eigenvalue weighted by atomic mass is 10.0. The maximum atomic E-state index is 12.5. The van der Waals surface area contributed by atoms with E-state index in [-0.39, 0.29) is 12.5 Å². The lowest BCUT2D eigenvalue weighted by Gasteiger charge is -2.29. The van der Waals surface area contributed by atoms with Crippen LogP contribution in [0.25, 0.3) is 0 Å². The standard InChI is InChI=1S/C18H20N2O2/c1-13-4-8-16(9-5-13)22-12-18(21)20-10-2-3-14-6-7-15(19)11-17(14)20/h4-9,11H,2-3,10,12,19H2,1H3. The number of carbonyl (C=O) groups excluding carboxylic acids is 1. The molecule has 0 aromatic heterocycles. The summed E-state index contributed by atoms with van der Waals surface area (Å²) in [5.74, 6) is 0.677. The molecule has 114 valence electrons. The summed E-state index contributed by atoms with van der Waals surface area (Å²) >= 11 is 0. The number of rotatable bonds is 3. The second-order valence-electron chi connectivity index (χ2n) is 5.64. The van der Waals surface area contributed by atoms with E-state index in [4.69, 9.17) is 10.5 Å². The largest absolute Gasteiger partial charge is 0.484 e. The molecule has 22 heavy (non-hydrogen) atoms. The molecule has 2 N–H and O–H groups in total. The highest BCUT2D eigenvalue weighted by molar-refractivity contribution is 5.96. The van der Waals surface area contributed by atoms with Crippen molar-refractivity contribution in [2.45, 2.75) is 19.8 Å². The first-order chi connectivity index (χ1) is 10.6. The first-order valence-electron chi connectivity index (χ1n) is 7.52. The second kappa shape index (κ2) is 6.10. The van der Waals surface area contributed by atoms with Gasteiger partial charge in [0.2, 0.25) is 0 Å². The fourth-order valence-electron chi connectivity index (χ4n) is 2.71. The summed E-state index contributed by atoms with van der Waals surface area (Å²) in [6, 6.07) is 13.5. The van der Waals surface area contributed by atoms with E-state index in [1.807, 2.05) is 49.4 Å². The highest BCUT2D eigenvalue weighted by atomic mass is 16.5. The van der Waals surface area contributed by atoms with Gasteiger partial charge in [-0.1, -0.05) is 23.8 Å². The van der Waals surface area contributed by atoms with Crippen LogP contribution in [-0.2, 0) is 11.2 Å². The van der Waals surface area contributed by atoms with Gasteiger partial charge in [-0.15, -0.1) is 0 Å². The van der Waals surface area contributed by atoms with Crippen LogP contribution in [0.4, 0.5) is 11.4 Å².